The minimum atomic E-state index is -0.387. The molecule has 0 fully saturated rings. The molecule has 2 aromatic heterocycles. The van der Waals surface area contributed by atoms with Crippen molar-refractivity contribution in [3.8, 4) is 0 Å². The van der Waals surface area contributed by atoms with Crippen LogP contribution in [0.1, 0.15) is 34.7 Å². The molecular formula is C24H22N4O2. The van der Waals surface area contributed by atoms with Crippen LogP contribution < -0.4 is 5.56 Å². The number of pyridine rings is 1. The molecule has 0 bridgehead atoms. The molecule has 4 rings (SSSR count). The van der Waals surface area contributed by atoms with Gasteiger partial charge in [0, 0.05) is 25.2 Å². The van der Waals surface area contributed by atoms with Gasteiger partial charge in [-0.25, -0.2) is 4.68 Å². The largest absolute Gasteiger partial charge is 0.328 e. The van der Waals surface area contributed by atoms with Crippen molar-refractivity contribution in [2.24, 2.45) is 0 Å². The molecule has 1 unspecified atom stereocenters. The smallest absolute Gasteiger partial charge is 0.275 e. The van der Waals surface area contributed by atoms with Gasteiger partial charge < -0.3 is 4.90 Å². The number of aryl methyl sites for hydroxylation is 1. The fourth-order valence-electron chi connectivity index (χ4n) is 3.66. The van der Waals surface area contributed by atoms with E-state index in [1.54, 1.807) is 36.3 Å². The van der Waals surface area contributed by atoms with Gasteiger partial charge in [-0.1, -0.05) is 54.6 Å². The predicted molar refractivity (Wildman–Crippen MR) is 116 cm³/mol. The summed E-state index contributed by atoms with van der Waals surface area (Å²) in [4.78, 5) is 32.4. The summed E-state index contributed by atoms with van der Waals surface area (Å²) in [6.45, 7) is 2.22. The summed E-state index contributed by atoms with van der Waals surface area (Å²) in [6, 6.07) is 22.1. The SMILES string of the molecule is CCn1nc(C(=O)N(C)C(c2ccccc2)c2ccccn2)c2ccccc2c1=O. The predicted octanol–water partition coefficient (Wildman–Crippen LogP) is 3.67. The van der Waals surface area contributed by atoms with E-state index in [0.29, 0.717) is 17.3 Å². The van der Waals surface area contributed by atoms with Crippen LogP contribution in [0.25, 0.3) is 10.8 Å². The third-order valence-electron chi connectivity index (χ3n) is 5.16. The summed E-state index contributed by atoms with van der Waals surface area (Å²) in [5.74, 6) is -0.270. The Bertz CT molecular complexity index is 1200. The van der Waals surface area contributed by atoms with E-state index >= 15 is 0 Å². The van der Waals surface area contributed by atoms with Gasteiger partial charge in [-0.15, -0.1) is 0 Å². The Labute approximate surface area is 174 Å². The zero-order valence-electron chi connectivity index (χ0n) is 16.9. The van der Waals surface area contributed by atoms with Crippen LogP contribution >= 0.6 is 0 Å². The molecule has 0 saturated heterocycles. The summed E-state index contributed by atoms with van der Waals surface area (Å²) < 4.78 is 1.34. The van der Waals surface area contributed by atoms with Crippen molar-refractivity contribution in [2.75, 3.05) is 7.05 Å². The number of amides is 1. The molecule has 0 N–H and O–H groups in total. The molecule has 6 heteroatoms. The summed E-state index contributed by atoms with van der Waals surface area (Å²) >= 11 is 0. The Kier molecular flexibility index (Phi) is 5.39. The second kappa shape index (κ2) is 8.29. The lowest BCUT2D eigenvalue weighted by atomic mass is 10.0. The first-order chi connectivity index (χ1) is 14.6. The maximum atomic E-state index is 13.6. The van der Waals surface area contributed by atoms with E-state index in [2.05, 4.69) is 10.1 Å². The lowest BCUT2D eigenvalue weighted by Gasteiger charge is -2.28. The molecular weight excluding hydrogens is 376 g/mol. The van der Waals surface area contributed by atoms with E-state index < -0.39 is 0 Å². The van der Waals surface area contributed by atoms with E-state index in [0.717, 1.165) is 11.3 Å². The number of benzene rings is 2. The second-order valence-electron chi connectivity index (χ2n) is 7.00. The van der Waals surface area contributed by atoms with E-state index in [9.17, 15) is 9.59 Å². The Morgan fingerprint density at radius 1 is 0.967 bits per heavy atom. The zero-order chi connectivity index (χ0) is 21.1. The molecule has 1 amide bonds. The number of carbonyl (C=O) groups is 1. The average molecular weight is 398 g/mol. The number of hydrogen-bond donors (Lipinski definition) is 0. The van der Waals surface area contributed by atoms with Gasteiger partial charge in [0.05, 0.1) is 17.1 Å². The molecule has 0 aliphatic carbocycles. The van der Waals surface area contributed by atoms with Gasteiger partial charge in [0.1, 0.15) is 0 Å². The van der Waals surface area contributed by atoms with Crippen LogP contribution in [0.3, 0.4) is 0 Å². The standard InChI is InChI=1S/C24H22N4O2/c1-3-28-23(29)19-14-8-7-13-18(19)21(26-28)24(30)27(2)22(17-11-5-4-6-12-17)20-15-9-10-16-25-20/h4-16,22H,3H2,1-2H3. The second-order valence-corrected chi connectivity index (χ2v) is 7.00. The fourth-order valence-corrected chi connectivity index (χ4v) is 3.66. The van der Waals surface area contributed by atoms with Gasteiger partial charge in [-0.2, -0.15) is 5.10 Å². The van der Waals surface area contributed by atoms with E-state index in [-0.39, 0.29) is 23.2 Å². The summed E-state index contributed by atoms with van der Waals surface area (Å²) in [6.07, 6.45) is 1.72. The van der Waals surface area contributed by atoms with E-state index in [1.165, 1.54) is 4.68 Å². The number of carbonyl (C=O) groups excluding carboxylic acids is 1. The molecule has 1 atom stereocenters. The quantitative estimate of drug-likeness (QED) is 0.514. The maximum absolute atomic E-state index is 13.6. The Balaban J connectivity index is 1.86. The van der Waals surface area contributed by atoms with Crippen molar-refractivity contribution >= 4 is 16.7 Å². The number of fused-ring (bicyclic) bond motifs is 1. The highest BCUT2D eigenvalue weighted by atomic mass is 16.2. The number of rotatable bonds is 5. The molecule has 0 spiro atoms. The normalized spacial score (nSPS) is 11.9. The molecule has 150 valence electrons. The number of hydrogen-bond acceptors (Lipinski definition) is 4. The summed E-state index contributed by atoms with van der Waals surface area (Å²) in [7, 11) is 1.74. The highest BCUT2D eigenvalue weighted by Gasteiger charge is 2.28. The van der Waals surface area contributed by atoms with Gasteiger partial charge in [-0.3, -0.25) is 14.6 Å². The van der Waals surface area contributed by atoms with E-state index in [1.807, 2.05) is 61.5 Å². The van der Waals surface area contributed by atoms with Crippen molar-refractivity contribution in [1.29, 1.82) is 0 Å². The molecule has 0 saturated carbocycles. The van der Waals surface area contributed by atoms with Crippen LogP contribution in [0.5, 0.6) is 0 Å². The first kappa shape index (κ1) is 19.5. The van der Waals surface area contributed by atoms with Crippen LogP contribution in [0.2, 0.25) is 0 Å². The highest BCUT2D eigenvalue weighted by molar-refractivity contribution is 6.04. The molecule has 6 nitrogen and oxygen atoms in total. The first-order valence-electron chi connectivity index (χ1n) is 9.84. The minimum absolute atomic E-state index is 0.198. The topological polar surface area (TPSA) is 68.1 Å². The van der Waals surface area contributed by atoms with Gasteiger partial charge in [0.25, 0.3) is 11.5 Å². The molecule has 0 radical (unpaired) electrons. The molecule has 4 aromatic rings. The van der Waals surface area contributed by atoms with Crippen molar-refractivity contribution in [2.45, 2.75) is 19.5 Å². The molecule has 30 heavy (non-hydrogen) atoms. The number of nitrogens with zero attached hydrogens (tertiary/aromatic N) is 4. The van der Waals surface area contributed by atoms with Crippen LogP contribution in [0.15, 0.2) is 83.8 Å². The Morgan fingerprint density at radius 2 is 1.63 bits per heavy atom. The van der Waals surface area contributed by atoms with Crippen molar-refractivity contribution in [1.82, 2.24) is 19.7 Å². The molecule has 0 aliphatic rings. The maximum Gasteiger partial charge on any atom is 0.275 e. The summed E-state index contributed by atoms with van der Waals surface area (Å²) in [5, 5.41) is 5.44. The van der Waals surface area contributed by atoms with Crippen molar-refractivity contribution in [3.63, 3.8) is 0 Å². The van der Waals surface area contributed by atoms with Crippen molar-refractivity contribution in [3.05, 3.63) is 106 Å². The lowest BCUT2D eigenvalue weighted by Crippen LogP contribution is -2.35. The van der Waals surface area contributed by atoms with Gasteiger partial charge >= 0.3 is 0 Å². The molecule has 2 heterocycles. The van der Waals surface area contributed by atoms with Gasteiger partial charge in [-0.05, 0) is 30.7 Å². The fraction of sp³-hybridized carbons (Fsp3) is 0.167. The minimum Gasteiger partial charge on any atom is -0.328 e. The van der Waals surface area contributed by atoms with E-state index in [4.69, 9.17) is 0 Å². The van der Waals surface area contributed by atoms with Gasteiger partial charge in [0.2, 0.25) is 0 Å². The first-order valence-corrected chi connectivity index (χ1v) is 9.84. The third-order valence-corrected chi connectivity index (χ3v) is 5.16. The lowest BCUT2D eigenvalue weighted by molar-refractivity contribution is 0.0746. The van der Waals surface area contributed by atoms with Crippen LogP contribution in [-0.2, 0) is 6.54 Å². The molecule has 0 aliphatic heterocycles. The van der Waals surface area contributed by atoms with Crippen LogP contribution in [-0.4, -0.2) is 32.6 Å². The highest BCUT2D eigenvalue weighted by Crippen LogP contribution is 2.28. The monoisotopic (exact) mass is 398 g/mol. The van der Waals surface area contributed by atoms with Gasteiger partial charge in [0.15, 0.2) is 5.69 Å². The Hall–Kier alpha value is -3.80. The summed E-state index contributed by atoms with van der Waals surface area (Å²) in [5.41, 5.74) is 1.76. The Morgan fingerprint density at radius 3 is 2.30 bits per heavy atom. The van der Waals surface area contributed by atoms with Crippen LogP contribution in [0, 0.1) is 0 Å². The zero-order valence-corrected chi connectivity index (χ0v) is 16.9. The van der Waals surface area contributed by atoms with Crippen molar-refractivity contribution < 1.29 is 4.79 Å². The average Bonchev–Trinajstić information content (AvgIpc) is 2.80. The third kappa shape index (κ3) is 3.48. The van der Waals surface area contributed by atoms with Crippen LogP contribution in [0.4, 0.5) is 0 Å². The molecule has 2 aromatic carbocycles. The number of aromatic nitrogens is 3.